The molecule has 1 aromatic carbocycles. The Hall–Kier alpha value is -1.10. The first kappa shape index (κ1) is 14.3. The molecule has 1 aliphatic heterocycles. The predicted molar refractivity (Wildman–Crippen MR) is 76.2 cm³/mol. The van der Waals surface area contributed by atoms with Crippen LogP contribution in [0, 0.1) is 0 Å². The quantitative estimate of drug-likeness (QED) is 0.900. The Labute approximate surface area is 115 Å². The molecule has 4 nitrogen and oxygen atoms in total. The van der Waals surface area contributed by atoms with Crippen molar-refractivity contribution in [2.24, 2.45) is 5.73 Å². The maximum Gasteiger partial charge on any atom is 0.123 e. The molecule has 0 aliphatic carbocycles. The number of hydrogen-bond donors (Lipinski definition) is 1. The molecule has 0 spiro atoms. The smallest absolute Gasteiger partial charge is 0.123 e. The van der Waals surface area contributed by atoms with Gasteiger partial charge in [-0.05, 0) is 31.5 Å². The van der Waals surface area contributed by atoms with Gasteiger partial charge in [0.25, 0.3) is 0 Å². The Morgan fingerprint density at radius 2 is 2.21 bits per heavy atom. The van der Waals surface area contributed by atoms with Gasteiger partial charge in [0.1, 0.15) is 5.75 Å². The highest BCUT2D eigenvalue weighted by atomic mass is 16.5. The molecule has 19 heavy (non-hydrogen) atoms. The summed E-state index contributed by atoms with van der Waals surface area (Å²) in [5, 5.41) is 0. The Morgan fingerprint density at radius 3 is 2.84 bits per heavy atom. The Kier molecular flexibility index (Phi) is 4.45. The van der Waals surface area contributed by atoms with Crippen molar-refractivity contribution in [3.8, 4) is 5.75 Å². The minimum absolute atomic E-state index is 0.0725. The number of ether oxygens (including phenoxy) is 2. The van der Waals surface area contributed by atoms with E-state index in [0.717, 1.165) is 37.6 Å². The third-order valence-corrected chi connectivity index (χ3v) is 3.48. The maximum atomic E-state index is 5.74. The standard InChI is InChI=1S/C15H24N2O2/c1-15(2)11-17(6-7-19-15)10-13-8-12(9-16)4-5-14(13)18-3/h4-5,8H,6-7,9-11,16H2,1-3H3. The Bertz CT molecular complexity index is 432. The molecule has 4 heteroatoms. The van der Waals surface area contributed by atoms with E-state index in [9.17, 15) is 0 Å². The average Bonchev–Trinajstić information content (AvgIpc) is 2.37. The number of rotatable bonds is 4. The SMILES string of the molecule is COc1ccc(CN)cc1CN1CCOC(C)(C)C1. The summed E-state index contributed by atoms with van der Waals surface area (Å²) in [6, 6.07) is 6.16. The molecule has 1 saturated heterocycles. The summed E-state index contributed by atoms with van der Waals surface area (Å²) < 4.78 is 11.2. The van der Waals surface area contributed by atoms with E-state index in [2.05, 4.69) is 24.8 Å². The maximum absolute atomic E-state index is 5.74. The van der Waals surface area contributed by atoms with Crippen molar-refractivity contribution in [2.75, 3.05) is 26.8 Å². The lowest BCUT2D eigenvalue weighted by Crippen LogP contribution is -2.47. The third-order valence-electron chi connectivity index (χ3n) is 3.48. The van der Waals surface area contributed by atoms with E-state index < -0.39 is 0 Å². The molecule has 0 amide bonds. The molecule has 106 valence electrons. The fraction of sp³-hybridized carbons (Fsp3) is 0.600. The van der Waals surface area contributed by atoms with Crippen LogP contribution in [-0.2, 0) is 17.8 Å². The van der Waals surface area contributed by atoms with Crippen LogP contribution in [0.1, 0.15) is 25.0 Å². The summed E-state index contributed by atoms with van der Waals surface area (Å²) in [5.74, 6) is 0.932. The molecule has 1 fully saturated rings. The molecule has 2 N–H and O–H groups in total. The first-order chi connectivity index (χ1) is 9.04. The molecule has 0 aromatic heterocycles. The minimum atomic E-state index is -0.0725. The second-order valence-electron chi connectivity index (χ2n) is 5.67. The van der Waals surface area contributed by atoms with Crippen molar-refractivity contribution in [3.63, 3.8) is 0 Å². The summed E-state index contributed by atoms with van der Waals surface area (Å²) in [5.41, 5.74) is 7.98. The number of morpholine rings is 1. The summed E-state index contributed by atoms with van der Waals surface area (Å²) in [6.07, 6.45) is 0. The van der Waals surface area contributed by atoms with Gasteiger partial charge in [-0.2, -0.15) is 0 Å². The van der Waals surface area contributed by atoms with E-state index in [4.69, 9.17) is 15.2 Å². The van der Waals surface area contributed by atoms with Crippen LogP contribution in [0.15, 0.2) is 18.2 Å². The van der Waals surface area contributed by atoms with E-state index in [1.54, 1.807) is 7.11 Å². The van der Waals surface area contributed by atoms with Crippen molar-refractivity contribution in [3.05, 3.63) is 29.3 Å². The molecule has 0 radical (unpaired) electrons. The normalized spacial score (nSPS) is 19.4. The van der Waals surface area contributed by atoms with Crippen molar-refractivity contribution in [2.45, 2.75) is 32.5 Å². The Morgan fingerprint density at radius 1 is 1.42 bits per heavy atom. The Balaban J connectivity index is 2.13. The van der Waals surface area contributed by atoms with Crippen LogP contribution in [0.5, 0.6) is 5.75 Å². The van der Waals surface area contributed by atoms with Crippen LogP contribution in [0.2, 0.25) is 0 Å². The predicted octanol–water partition coefficient (Wildman–Crippen LogP) is 1.76. The van der Waals surface area contributed by atoms with Crippen LogP contribution >= 0.6 is 0 Å². The lowest BCUT2D eigenvalue weighted by molar-refractivity contribution is -0.0883. The third kappa shape index (κ3) is 3.69. The summed E-state index contributed by atoms with van der Waals surface area (Å²) in [6.45, 7) is 8.38. The van der Waals surface area contributed by atoms with Gasteiger partial charge >= 0.3 is 0 Å². The highest BCUT2D eigenvalue weighted by Gasteiger charge is 2.27. The fourth-order valence-electron chi connectivity index (χ4n) is 2.57. The molecule has 0 bridgehead atoms. The summed E-state index contributed by atoms with van der Waals surface area (Å²) >= 11 is 0. The molecular formula is C15H24N2O2. The topological polar surface area (TPSA) is 47.7 Å². The van der Waals surface area contributed by atoms with Gasteiger partial charge in [0, 0.05) is 31.7 Å². The number of benzene rings is 1. The van der Waals surface area contributed by atoms with E-state index in [1.165, 1.54) is 5.56 Å². The van der Waals surface area contributed by atoms with E-state index in [-0.39, 0.29) is 5.60 Å². The summed E-state index contributed by atoms with van der Waals surface area (Å²) in [4.78, 5) is 2.40. The minimum Gasteiger partial charge on any atom is -0.496 e. The first-order valence-electron chi connectivity index (χ1n) is 6.76. The molecule has 1 aliphatic rings. The zero-order chi connectivity index (χ0) is 13.9. The van der Waals surface area contributed by atoms with Crippen molar-refractivity contribution in [1.82, 2.24) is 4.90 Å². The van der Waals surface area contributed by atoms with Gasteiger partial charge in [-0.1, -0.05) is 6.07 Å². The van der Waals surface area contributed by atoms with Crippen molar-refractivity contribution in [1.29, 1.82) is 0 Å². The molecule has 0 atom stereocenters. The van der Waals surface area contributed by atoms with Crippen LogP contribution in [0.3, 0.4) is 0 Å². The van der Waals surface area contributed by atoms with E-state index in [1.807, 2.05) is 12.1 Å². The van der Waals surface area contributed by atoms with Crippen LogP contribution < -0.4 is 10.5 Å². The largest absolute Gasteiger partial charge is 0.496 e. The molecule has 0 saturated carbocycles. The first-order valence-corrected chi connectivity index (χ1v) is 6.76. The number of nitrogens with two attached hydrogens (primary N) is 1. The average molecular weight is 264 g/mol. The second-order valence-corrected chi connectivity index (χ2v) is 5.67. The van der Waals surface area contributed by atoms with Gasteiger partial charge in [-0.15, -0.1) is 0 Å². The molecular weight excluding hydrogens is 240 g/mol. The monoisotopic (exact) mass is 264 g/mol. The summed E-state index contributed by atoms with van der Waals surface area (Å²) in [7, 11) is 1.71. The number of nitrogens with zero attached hydrogens (tertiary/aromatic N) is 1. The van der Waals surface area contributed by atoms with Gasteiger partial charge in [0.15, 0.2) is 0 Å². The van der Waals surface area contributed by atoms with E-state index in [0.29, 0.717) is 6.54 Å². The van der Waals surface area contributed by atoms with Gasteiger partial charge in [0.2, 0.25) is 0 Å². The van der Waals surface area contributed by atoms with Crippen LogP contribution in [0.25, 0.3) is 0 Å². The van der Waals surface area contributed by atoms with Crippen molar-refractivity contribution >= 4 is 0 Å². The van der Waals surface area contributed by atoms with Crippen molar-refractivity contribution < 1.29 is 9.47 Å². The zero-order valence-corrected chi connectivity index (χ0v) is 12.1. The van der Waals surface area contributed by atoms with Gasteiger partial charge in [0.05, 0.1) is 19.3 Å². The lowest BCUT2D eigenvalue weighted by atomic mass is 10.1. The molecule has 1 heterocycles. The van der Waals surface area contributed by atoms with Crippen LogP contribution in [-0.4, -0.2) is 37.3 Å². The molecule has 0 unspecified atom stereocenters. The fourth-order valence-corrected chi connectivity index (χ4v) is 2.57. The second kappa shape index (κ2) is 5.90. The van der Waals surface area contributed by atoms with Crippen LogP contribution in [0.4, 0.5) is 0 Å². The lowest BCUT2D eigenvalue weighted by Gasteiger charge is -2.38. The molecule has 1 aromatic rings. The van der Waals surface area contributed by atoms with Gasteiger partial charge < -0.3 is 15.2 Å². The zero-order valence-electron chi connectivity index (χ0n) is 12.1. The number of hydrogen-bond acceptors (Lipinski definition) is 4. The highest BCUT2D eigenvalue weighted by molar-refractivity contribution is 5.37. The van der Waals surface area contributed by atoms with Gasteiger partial charge in [-0.3, -0.25) is 4.90 Å². The van der Waals surface area contributed by atoms with E-state index >= 15 is 0 Å². The van der Waals surface area contributed by atoms with Gasteiger partial charge in [-0.25, -0.2) is 0 Å². The number of methoxy groups -OCH3 is 1. The molecule has 2 rings (SSSR count). The highest BCUT2D eigenvalue weighted by Crippen LogP contribution is 2.24.